The van der Waals surface area contributed by atoms with Gasteiger partial charge in [-0.1, -0.05) is 25.4 Å². The molecule has 0 aliphatic rings. The van der Waals surface area contributed by atoms with Crippen molar-refractivity contribution in [3.05, 3.63) is 23.2 Å². The first-order valence-electron chi connectivity index (χ1n) is 7.62. The Hall–Kier alpha value is -1.59. The van der Waals surface area contributed by atoms with Gasteiger partial charge in [-0.3, -0.25) is 9.59 Å². The first-order chi connectivity index (χ1) is 10.5. The summed E-state index contributed by atoms with van der Waals surface area (Å²) in [5.41, 5.74) is 6.52. The Kier molecular flexibility index (Phi) is 7.91. The Morgan fingerprint density at radius 3 is 2.45 bits per heavy atom. The normalized spacial score (nSPS) is 10.6. The van der Waals surface area contributed by atoms with Crippen LogP contribution >= 0.6 is 11.6 Å². The van der Waals surface area contributed by atoms with E-state index < -0.39 is 0 Å². The van der Waals surface area contributed by atoms with E-state index in [1.54, 1.807) is 18.2 Å². The zero-order valence-electron chi connectivity index (χ0n) is 13.1. The predicted molar refractivity (Wildman–Crippen MR) is 91.1 cm³/mol. The highest BCUT2D eigenvalue weighted by atomic mass is 35.5. The molecule has 0 radical (unpaired) electrons. The lowest BCUT2D eigenvalue weighted by molar-refractivity contribution is -0.120. The fourth-order valence-electron chi connectivity index (χ4n) is 2.07. The fourth-order valence-corrected chi connectivity index (χ4v) is 2.30. The number of hydrogen-bond donors (Lipinski definition) is 3. The maximum absolute atomic E-state index is 12.1. The lowest BCUT2D eigenvalue weighted by Crippen LogP contribution is -2.21. The van der Waals surface area contributed by atoms with Crippen LogP contribution in [0.5, 0.6) is 0 Å². The monoisotopic (exact) mass is 325 g/mol. The van der Waals surface area contributed by atoms with Crippen molar-refractivity contribution in [3.63, 3.8) is 0 Å². The Bertz CT molecular complexity index is 516. The SMILES string of the molecule is CCC(CC)C(=O)Nc1ccc(NC(=O)CCCN)cc1Cl. The van der Waals surface area contributed by atoms with Crippen molar-refractivity contribution in [2.24, 2.45) is 11.7 Å². The summed E-state index contributed by atoms with van der Waals surface area (Å²) in [6.07, 6.45) is 2.59. The van der Waals surface area contributed by atoms with Gasteiger partial charge in [0.2, 0.25) is 11.8 Å². The molecule has 1 rings (SSSR count). The Balaban J connectivity index is 2.69. The van der Waals surface area contributed by atoms with Crippen molar-refractivity contribution < 1.29 is 9.59 Å². The number of anilines is 2. The second-order valence-corrected chi connectivity index (χ2v) is 5.54. The van der Waals surface area contributed by atoms with E-state index >= 15 is 0 Å². The van der Waals surface area contributed by atoms with Crippen molar-refractivity contribution in [2.75, 3.05) is 17.2 Å². The van der Waals surface area contributed by atoms with Gasteiger partial charge in [0, 0.05) is 18.0 Å². The van der Waals surface area contributed by atoms with Crippen LogP contribution in [0.1, 0.15) is 39.5 Å². The molecule has 122 valence electrons. The van der Waals surface area contributed by atoms with Crippen LogP contribution < -0.4 is 16.4 Å². The zero-order valence-corrected chi connectivity index (χ0v) is 13.9. The minimum absolute atomic E-state index is 0.0216. The molecule has 0 bridgehead atoms. The number of carbonyl (C=O) groups is 2. The first kappa shape index (κ1) is 18.5. The average molecular weight is 326 g/mol. The summed E-state index contributed by atoms with van der Waals surface area (Å²) in [6, 6.07) is 5.04. The van der Waals surface area contributed by atoms with E-state index in [0.29, 0.717) is 35.8 Å². The summed E-state index contributed by atoms with van der Waals surface area (Å²) in [7, 11) is 0. The Labute approximate surface area is 136 Å². The number of carbonyl (C=O) groups excluding carboxylic acids is 2. The van der Waals surface area contributed by atoms with Gasteiger partial charge in [-0.15, -0.1) is 0 Å². The van der Waals surface area contributed by atoms with Crippen molar-refractivity contribution in [1.29, 1.82) is 0 Å². The molecule has 0 saturated carbocycles. The van der Waals surface area contributed by atoms with Crippen molar-refractivity contribution in [3.8, 4) is 0 Å². The van der Waals surface area contributed by atoms with Gasteiger partial charge in [0.25, 0.3) is 0 Å². The molecule has 4 N–H and O–H groups in total. The van der Waals surface area contributed by atoms with Crippen LogP contribution in [0, 0.1) is 5.92 Å². The van der Waals surface area contributed by atoms with Crippen LogP contribution in [0.4, 0.5) is 11.4 Å². The van der Waals surface area contributed by atoms with E-state index in [0.717, 1.165) is 12.8 Å². The van der Waals surface area contributed by atoms with E-state index in [-0.39, 0.29) is 17.7 Å². The van der Waals surface area contributed by atoms with Gasteiger partial charge < -0.3 is 16.4 Å². The second kappa shape index (κ2) is 9.43. The van der Waals surface area contributed by atoms with Crippen LogP contribution in [0.25, 0.3) is 0 Å². The summed E-state index contributed by atoms with van der Waals surface area (Å²) in [4.78, 5) is 23.7. The lowest BCUT2D eigenvalue weighted by atomic mass is 10.0. The average Bonchev–Trinajstić information content (AvgIpc) is 2.49. The zero-order chi connectivity index (χ0) is 16.5. The van der Waals surface area contributed by atoms with Gasteiger partial charge in [0.1, 0.15) is 0 Å². The first-order valence-corrected chi connectivity index (χ1v) is 7.99. The number of hydrogen-bond acceptors (Lipinski definition) is 3. The Morgan fingerprint density at radius 1 is 1.23 bits per heavy atom. The molecule has 6 heteroatoms. The van der Waals surface area contributed by atoms with Gasteiger partial charge >= 0.3 is 0 Å². The van der Waals surface area contributed by atoms with Crippen molar-refractivity contribution in [1.82, 2.24) is 0 Å². The molecule has 0 fully saturated rings. The van der Waals surface area contributed by atoms with Crippen LogP contribution in [-0.2, 0) is 9.59 Å². The third-order valence-corrected chi connectivity index (χ3v) is 3.79. The third kappa shape index (κ3) is 5.66. The molecule has 1 aromatic carbocycles. The topological polar surface area (TPSA) is 84.2 Å². The molecule has 0 aliphatic carbocycles. The van der Waals surface area contributed by atoms with Crippen LogP contribution in [0.3, 0.4) is 0 Å². The molecule has 0 unspecified atom stereocenters. The highest BCUT2D eigenvalue weighted by molar-refractivity contribution is 6.34. The number of amides is 2. The van der Waals surface area contributed by atoms with Crippen LogP contribution in [-0.4, -0.2) is 18.4 Å². The van der Waals surface area contributed by atoms with Gasteiger partial charge in [0.15, 0.2) is 0 Å². The molecule has 0 aromatic heterocycles. The molecule has 0 aliphatic heterocycles. The summed E-state index contributed by atoms with van der Waals surface area (Å²) in [5.74, 6) is -0.159. The smallest absolute Gasteiger partial charge is 0.227 e. The minimum Gasteiger partial charge on any atom is -0.330 e. The standard InChI is InChI=1S/C16H24ClN3O2/c1-3-11(4-2)16(22)20-14-8-7-12(10-13(14)17)19-15(21)6-5-9-18/h7-8,10-11H,3-6,9,18H2,1-2H3,(H,19,21)(H,20,22). The summed E-state index contributed by atoms with van der Waals surface area (Å²) in [6.45, 7) is 4.44. The predicted octanol–water partition coefficient (Wildman–Crippen LogP) is 3.39. The number of benzene rings is 1. The number of nitrogens with one attached hydrogen (secondary N) is 2. The van der Waals surface area contributed by atoms with Gasteiger partial charge in [-0.25, -0.2) is 0 Å². The van der Waals surface area contributed by atoms with E-state index in [9.17, 15) is 9.59 Å². The van der Waals surface area contributed by atoms with Gasteiger partial charge in [0.05, 0.1) is 10.7 Å². The largest absolute Gasteiger partial charge is 0.330 e. The number of halogens is 1. The summed E-state index contributed by atoms with van der Waals surface area (Å²) in [5, 5.41) is 5.98. The lowest BCUT2D eigenvalue weighted by Gasteiger charge is -2.14. The maximum Gasteiger partial charge on any atom is 0.227 e. The summed E-state index contributed by atoms with van der Waals surface area (Å²) < 4.78 is 0. The van der Waals surface area contributed by atoms with Crippen molar-refractivity contribution >= 4 is 34.8 Å². The molecule has 0 atom stereocenters. The molecule has 0 saturated heterocycles. The second-order valence-electron chi connectivity index (χ2n) is 5.14. The molecular formula is C16H24ClN3O2. The highest BCUT2D eigenvalue weighted by Crippen LogP contribution is 2.26. The van der Waals surface area contributed by atoms with Crippen LogP contribution in [0.15, 0.2) is 18.2 Å². The minimum atomic E-state index is -0.102. The molecule has 0 spiro atoms. The fraction of sp³-hybridized carbons (Fsp3) is 0.500. The number of rotatable bonds is 8. The van der Waals surface area contributed by atoms with E-state index in [1.807, 2.05) is 13.8 Å². The maximum atomic E-state index is 12.1. The molecule has 0 heterocycles. The highest BCUT2D eigenvalue weighted by Gasteiger charge is 2.15. The van der Waals surface area contributed by atoms with Crippen LogP contribution in [0.2, 0.25) is 5.02 Å². The van der Waals surface area contributed by atoms with Gasteiger partial charge in [-0.05, 0) is 44.0 Å². The van der Waals surface area contributed by atoms with E-state index in [1.165, 1.54) is 0 Å². The molecule has 22 heavy (non-hydrogen) atoms. The van der Waals surface area contributed by atoms with E-state index in [4.69, 9.17) is 17.3 Å². The van der Waals surface area contributed by atoms with Crippen molar-refractivity contribution in [2.45, 2.75) is 39.5 Å². The Morgan fingerprint density at radius 2 is 1.91 bits per heavy atom. The molecular weight excluding hydrogens is 302 g/mol. The van der Waals surface area contributed by atoms with Gasteiger partial charge in [-0.2, -0.15) is 0 Å². The molecule has 2 amide bonds. The molecule has 1 aromatic rings. The quantitative estimate of drug-likeness (QED) is 0.685. The summed E-state index contributed by atoms with van der Waals surface area (Å²) >= 11 is 6.17. The third-order valence-electron chi connectivity index (χ3n) is 3.48. The number of nitrogens with two attached hydrogens (primary N) is 1. The van der Waals surface area contributed by atoms with E-state index in [2.05, 4.69) is 10.6 Å². The molecule has 5 nitrogen and oxygen atoms in total.